The third-order valence-electron chi connectivity index (χ3n) is 5.14. The van der Waals surface area contributed by atoms with E-state index in [0.717, 1.165) is 35.2 Å². The highest BCUT2D eigenvalue weighted by Crippen LogP contribution is 2.30. The second-order valence-corrected chi connectivity index (χ2v) is 9.30. The SMILES string of the molecule is CC1(C)CNC[C@@H](COc2nc(-c3ccn(C(C)(C)C)c3)cc3ncccc23)O1. The van der Waals surface area contributed by atoms with E-state index in [4.69, 9.17) is 14.5 Å². The lowest BCUT2D eigenvalue weighted by Crippen LogP contribution is -2.52. The summed E-state index contributed by atoms with van der Waals surface area (Å²) in [5.74, 6) is 0.598. The predicted octanol–water partition coefficient (Wildman–Crippen LogP) is 4.00. The Balaban J connectivity index is 1.63. The highest BCUT2D eigenvalue weighted by Gasteiger charge is 2.29. The summed E-state index contributed by atoms with van der Waals surface area (Å²) in [5.41, 5.74) is 2.61. The number of ether oxygens (including phenoxy) is 2. The maximum Gasteiger partial charge on any atom is 0.223 e. The Kier molecular flexibility index (Phi) is 5.09. The summed E-state index contributed by atoms with van der Waals surface area (Å²) >= 11 is 0. The Bertz CT molecular complexity index is 1000. The Morgan fingerprint density at radius 2 is 2.14 bits per heavy atom. The van der Waals surface area contributed by atoms with Crippen molar-refractivity contribution in [1.82, 2.24) is 19.9 Å². The van der Waals surface area contributed by atoms with Gasteiger partial charge < -0.3 is 19.4 Å². The van der Waals surface area contributed by atoms with Gasteiger partial charge in [-0.2, -0.15) is 0 Å². The number of nitrogens with one attached hydrogen (secondary N) is 1. The monoisotopic (exact) mass is 394 g/mol. The molecule has 1 fully saturated rings. The smallest absolute Gasteiger partial charge is 0.223 e. The molecule has 0 spiro atoms. The maximum atomic E-state index is 6.17. The average Bonchev–Trinajstić information content (AvgIpc) is 3.16. The van der Waals surface area contributed by atoms with Crippen LogP contribution in [-0.2, 0) is 10.3 Å². The fourth-order valence-corrected chi connectivity index (χ4v) is 3.60. The van der Waals surface area contributed by atoms with E-state index in [2.05, 4.69) is 67.9 Å². The number of hydrogen-bond acceptors (Lipinski definition) is 5. The first-order chi connectivity index (χ1) is 13.7. The third-order valence-corrected chi connectivity index (χ3v) is 5.14. The van der Waals surface area contributed by atoms with Crippen molar-refractivity contribution in [3.05, 3.63) is 42.9 Å². The van der Waals surface area contributed by atoms with Crippen molar-refractivity contribution in [2.45, 2.75) is 51.9 Å². The standard InChI is InChI=1S/C23H30N4O2/c1-22(2,3)27-10-8-16(13-27)19-11-20-18(7-6-9-25-20)21(26-19)28-14-17-12-24-15-23(4,5)29-17/h6-11,13,17,24H,12,14-15H2,1-5H3/t17-/m0/s1. The van der Waals surface area contributed by atoms with Crippen molar-refractivity contribution in [2.75, 3.05) is 19.7 Å². The Labute approximate surface area is 172 Å². The second kappa shape index (κ2) is 7.43. The number of fused-ring (bicyclic) bond motifs is 1. The van der Waals surface area contributed by atoms with Crippen LogP contribution in [0.15, 0.2) is 42.9 Å². The van der Waals surface area contributed by atoms with Gasteiger partial charge in [0, 0.05) is 42.8 Å². The fourth-order valence-electron chi connectivity index (χ4n) is 3.60. The van der Waals surface area contributed by atoms with Gasteiger partial charge in [-0.1, -0.05) is 0 Å². The van der Waals surface area contributed by atoms with Crippen LogP contribution in [0.5, 0.6) is 5.88 Å². The van der Waals surface area contributed by atoms with E-state index in [9.17, 15) is 0 Å². The minimum Gasteiger partial charge on any atom is -0.474 e. The lowest BCUT2D eigenvalue weighted by molar-refractivity contribution is -0.107. The molecule has 6 nitrogen and oxygen atoms in total. The molecule has 1 N–H and O–H groups in total. The third kappa shape index (κ3) is 4.43. The summed E-state index contributed by atoms with van der Waals surface area (Å²) in [5, 5.41) is 4.32. The van der Waals surface area contributed by atoms with Crippen LogP contribution in [0.25, 0.3) is 22.2 Å². The number of nitrogens with zero attached hydrogens (tertiary/aromatic N) is 3. The Hall–Kier alpha value is -2.44. The van der Waals surface area contributed by atoms with E-state index in [1.807, 2.05) is 18.2 Å². The van der Waals surface area contributed by atoms with Crippen LogP contribution >= 0.6 is 0 Å². The number of pyridine rings is 2. The Morgan fingerprint density at radius 1 is 1.31 bits per heavy atom. The van der Waals surface area contributed by atoms with Gasteiger partial charge in [-0.15, -0.1) is 0 Å². The summed E-state index contributed by atoms with van der Waals surface area (Å²) in [6.45, 7) is 12.8. The van der Waals surface area contributed by atoms with Crippen LogP contribution in [0.2, 0.25) is 0 Å². The lowest BCUT2D eigenvalue weighted by atomic mass is 10.1. The van der Waals surface area contributed by atoms with Crippen LogP contribution in [0.1, 0.15) is 34.6 Å². The van der Waals surface area contributed by atoms with Gasteiger partial charge in [0.1, 0.15) is 12.7 Å². The quantitative estimate of drug-likeness (QED) is 0.725. The first kappa shape index (κ1) is 19.9. The van der Waals surface area contributed by atoms with Crippen molar-refractivity contribution < 1.29 is 9.47 Å². The summed E-state index contributed by atoms with van der Waals surface area (Å²) in [6.07, 6.45) is 5.99. The van der Waals surface area contributed by atoms with Gasteiger partial charge in [0.15, 0.2) is 0 Å². The molecular formula is C23H30N4O2. The molecule has 0 radical (unpaired) electrons. The average molecular weight is 395 g/mol. The first-order valence-electron chi connectivity index (χ1n) is 10.2. The first-order valence-corrected chi connectivity index (χ1v) is 10.2. The molecule has 154 valence electrons. The van der Waals surface area contributed by atoms with Gasteiger partial charge in [0.05, 0.1) is 22.2 Å². The van der Waals surface area contributed by atoms with Crippen LogP contribution < -0.4 is 10.1 Å². The molecule has 4 rings (SSSR count). The highest BCUT2D eigenvalue weighted by atomic mass is 16.6. The summed E-state index contributed by atoms with van der Waals surface area (Å²) < 4.78 is 14.5. The van der Waals surface area contributed by atoms with Crippen LogP contribution in [0.4, 0.5) is 0 Å². The zero-order valence-corrected chi connectivity index (χ0v) is 17.9. The number of morpholine rings is 1. The number of aromatic nitrogens is 3. The molecule has 0 amide bonds. The van der Waals surface area contributed by atoms with Gasteiger partial charge >= 0.3 is 0 Å². The highest BCUT2D eigenvalue weighted by molar-refractivity contribution is 5.86. The molecule has 1 saturated heterocycles. The van der Waals surface area contributed by atoms with Crippen molar-refractivity contribution in [1.29, 1.82) is 0 Å². The van der Waals surface area contributed by atoms with Crippen LogP contribution in [0.3, 0.4) is 0 Å². The van der Waals surface area contributed by atoms with E-state index in [1.54, 1.807) is 6.20 Å². The summed E-state index contributed by atoms with van der Waals surface area (Å²) in [7, 11) is 0. The zero-order chi connectivity index (χ0) is 20.6. The molecule has 1 aliphatic rings. The van der Waals surface area contributed by atoms with Crippen molar-refractivity contribution in [3.63, 3.8) is 0 Å². The molecule has 0 bridgehead atoms. The Morgan fingerprint density at radius 3 is 2.86 bits per heavy atom. The molecule has 0 aliphatic carbocycles. The lowest BCUT2D eigenvalue weighted by Gasteiger charge is -2.36. The molecule has 4 heterocycles. The second-order valence-electron chi connectivity index (χ2n) is 9.30. The molecule has 1 aliphatic heterocycles. The summed E-state index contributed by atoms with van der Waals surface area (Å²) in [4.78, 5) is 9.37. The van der Waals surface area contributed by atoms with E-state index in [0.29, 0.717) is 12.5 Å². The molecule has 1 atom stereocenters. The van der Waals surface area contributed by atoms with E-state index in [-0.39, 0.29) is 17.2 Å². The topological polar surface area (TPSA) is 61.2 Å². The van der Waals surface area contributed by atoms with Gasteiger partial charge in [0.25, 0.3) is 0 Å². The zero-order valence-electron chi connectivity index (χ0n) is 17.9. The minimum absolute atomic E-state index is 0.0158. The van der Waals surface area contributed by atoms with Gasteiger partial charge in [-0.05, 0) is 58.9 Å². The largest absolute Gasteiger partial charge is 0.474 e. The molecule has 0 aromatic carbocycles. The molecule has 29 heavy (non-hydrogen) atoms. The van der Waals surface area contributed by atoms with Gasteiger partial charge in [0.2, 0.25) is 5.88 Å². The molecule has 3 aromatic heterocycles. The molecule has 0 saturated carbocycles. The van der Waals surface area contributed by atoms with E-state index < -0.39 is 0 Å². The molecule has 6 heteroatoms. The molecule has 0 unspecified atom stereocenters. The van der Waals surface area contributed by atoms with E-state index >= 15 is 0 Å². The maximum absolute atomic E-state index is 6.17. The molecular weight excluding hydrogens is 364 g/mol. The van der Waals surface area contributed by atoms with Gasteiger partial charge in [-0.25, -0.2) is 4.98 Å². The number of rotatable bonds is 4. The normalized spacial score (nSPS) is 19.4. The fraction of sp³-hybridized carbons (Fsp3) is 0.478. The summed E-state index contributed by atoms with van der Waals surface area (Å²) in [6, 6.07) is 8.02. The van der Waals surface area contributed by atoms with Crippen molar-refractivity contribution >= 4 is 10.9 Å². The van der Waals surface area contributed by atoms with Crippen LogP contribution in [0, 0.1) is 0 Å². The van der Waals surface area contributed by atoms with Gasteiger partial charge in [-0.3, -0.25) is 4.98 Å². The van der Waals surface area contributed by atoms with Crippen LogP contribution in [-0.4, -0.2) is 45.9 Å². The predicted molar refractivity (Wildman–Crippen MR) is 115 cm³/mol. The molecule has 3 aromatic rings. The van der Waals surface area contributed by atoms with E-state index in [1.165, 1.54) is 0 Å². The minimum atomic E-state index is -0.193. The number of hydrogen-bond donors (Lipinski definition) is 1. The van der Waals surface area contributed by atoms with Crippen molar-refractivity contribution in [2.24, 2.45) is 0 Å². The van der Waals surface area contributed by atoms with Crippen molar-refractivity contribution in [3.8, 4) is 17.1 Å².